The van der Waals surface area contributed by atoms with Crippen LogP contribution in [0.25, 0.3) is 10.9 Å². The lowest BCUT2D eigenvalue weighted by Crippen LogP contribution is -2.11. The standard InChI is InChI=1S/C17H19N3O2S/c1-2-20-12-13(16-5-3-4-6-17(16)20)11-19-14-7-9-15(10-8-14)23(18,21)22/h3-10,12,19H,2,11H2,1H3,(H2,18,21,22). The zero-order valence-electron chi connectivity index (χ0n) is 12.9. The summed E-state index contributed by atoms with van der Waals surface area (Å²) in [6.45, 7) is 3.71. The topological polar surface area (TPSA) is 77.1 Å². The third-order valence-electron chi connectivity index (χ3n) is 3.88. The Kier molecular flexibility index (Phi) is 4.11. The molecule has 0 saturated heterocycles. The van der Waals surface area contributed by atoms with E-state index >= 15 is 0 Å². The summed E-state index contributed by atoms with van der Waals surface area (Å²) in [4.78, 5) is 0.116. The maximum absolute atomic E-state index is 11.3. The summed E-state index contributed by atoms with van der Waals surface area (Å²) < 4.78 is 24.7. The molecule has 0 aliphatic rings. The Morgan fingerprint density at radius 2 is 1.78 bits per heavy atom. The minimum atomic E-state index is -3.65. The summed E-state index contributed by atoms with van der Waals surface area (Å²) in [6.07, 6.45) is 2.15. The maximum atomic E-state index is 11.3. The number of sulfonamides is 1. The van der Waals surface area contributed by atoms with Crippen LogP contribution in [0.4, 0.5) is 5.69 Å². The van der Waals surface area contributed by atoms with Crippen molar-refractivity contribution in [3.05, 3.63) is 60.3 Å². The van der Waals surface area contributed by atoms with Crippen LogP contribution in [0, 0.1) is 0 Å². The molecule has 0 spiro atoms. The molecule has 0 aliphatic carbocycles. The Hall–Kier alpha value is -2.31. The highest BCUT2D eigenvalue weighted by Crippen LogP contribution is 2.22. The summed E-state index contributed by atoms with van der Waals surface area (Å²) in [5.74, 6) is 0. The van der Waals surface area contributed by atoms with Crippen molar-refractivity contribution >= 4 is 26.6 Å². The van der Waals surface area contributed by atoms with Crippen molar-refractivity contribution in [2.45, 2.75) is 24.9 Å². The van der Waals surface area contributed by atoms with Gasteiger partial charge in [-0.2, -0.15) is 0 Å². The molecule has 1 aromatic heterocycles. The fourth-order valence-electron chi connectivity index (χ4n) is 2.69. The third kappa shape index (κ3) is 3.23. The number of nitrogens with one attached hydrogen (secondary N) is 1. The molecule has 23 heavy (non-hydrogen) atoms. The van der Waals surface area contributed by atoms with Gasteiger partial charge in [0.05, 0.1) is 4.90 Å². The van der Waals surface area contributed by atoms with E-state index in [2.05, 4.69) is 35.1 Å². The van der Waals surface area contributed by atoms with Crippen LogP contribution in [0.15, 0.2) is 59.6 Å². The molecule has 0 atom stereocenters. The van der Waals surface area contributed by atoms with E-state index < -0.39 is 10.0 Å². The Labute approximate surface area is 135 Å². The second-order valence-electron chi connectivity index (χ2n) is 5.38. The zero-order valence-corrected chi connectivity index (χ0v) is 13.7. The lowest BCUT2D eigenvalue weighted by molar-refractivity contribution is 0.598. The van der Waals surface area contributed by atoms with Crippen LogP contribution in [-0.4, -0.2) is 13.0 Å². The van der Waals surface area contributed by atoms with Gasteiger partial charge in [0.2, 0.25) is 10.0 Å². The molecule has 3 N–H and O–H groups in total. The number of primary sulfonamides is 1. The predicted molar refractivity (Wildman–Crippen MR) is 92.8 cm³/mol. The molecular formula is C17H19N3O2S. The monoisotopic (exact) mass is 329 g/mol. The van der Waals surface area contributed by atoms with E-state index in [1.54, 1.807) is 12.1 Å². The molecule has 6 heteroatoms. The van der Waals surface area contributed by atoms with Gasteiger partial charge in [-0.25, -0.2) is 13.6 Å². The van der Waals surface area contributed by atoms with E-state index in [0.717, 1.165) is 12.2 Å². The molecule has 1 heterocycles. The Morgan fingerprint density at radius 3 is 2.43 bits per heavy atom. The molecule has 0 bridgehead atoms. The molecule has 0 radical (unpaired) electrons. The molecule has 3 aromatic rings. The van der Waals surface area contributed by atoms with E-state index in [1.165, 1.54) is 28.6 Å². The van der Waals surface area contributed by atoms with Crippen molar-refractivity contribution in [1.82, 2.24) is 4.57 Å². The van der Waals surface area contributed by atoms with E-state index in [1.807, 2.05) is 12.1 Å². The number of aryl methyl sites for hydroxylation is 1. The van der Waals surface area contributed by atoms with E-state index in [9.17, 15) is 8.42 Å². The van der Waals surface area contributed by atoms with Gasteiger partial charge in [-0.15, -0.1) is 0 Å². The number of para-hydroxylation sites is 1. The molecular weight excluding hydrogens is 310 g/mol. The van der Waals surface area contributed by atoms with Crippen LogP contribution in [0.5, 0.6) is 0 Å². The lowest BCUT2D eigenvalue weighted by atomic mass is 10.2. The molecule has 0 fully saturated rings. The largest absolute Gasteiger partial charge is 0.381 e. The highest BCUT2D eigenvalue weighted by Gasteiger charge is 2.08. The highest BCUT2D eigenvalue weighted by atomic mass is 32.2. The van der Waals surface area contributed by atoms with Crippen LogP contribution < -0.4 is 10.5 Å². The summed E-state index contributed by atoms with van der Waals surface area (Å²) in [5, 5.41) is 9.65. The van der Waals surface area contributed by atoms with Crippen LogP contribution >= 0.6 is 0 Å². The van der Waals surface area contributed by atoms with Crippen molar-refractivity contribution in [3.63, 3.8) is 0 Å². The number of nitrogens with two attached hydrogens (primary N) is 1. The van der Waals surface area contributed by atoms with Crippen LogP contribution in [0.2, 0.25) is 0 Å². The molecule has 2 aromatic carbocycles. The third-order valence-corrected chi connectivity index (χ3v) is 4.81. The summed E-state index contributed by atoms with van der Waals surface area (Å²) in [7, 11) is -3.65. The van der Waals surface area contributed by atoms with Gasteiger partial charge >= 0.3 is 0 Å². The van der Waals surface area contributed by atoms with Gasteiger partial charge in [-0.3, -0.25) is 0 Å². The zero-order chi connectivity index (χ0) is 16.4. The van der Waals surface area contributed by atoms with Crippen LogP contribution in [0.3, 0.4) is 0 Å². The average Bonchev–Trinajstić information content (AvgIpc) is 2.91. The van der Waals surface area contributed by atoms with Crippen molar-refractivity contribution in [2.75, 3.05) is 5.32 Å². The molecule has 120 valence electrons. The van der Waals surface area contributed by atoms with Gasteiger partial charge in [-0.05, 0) is 42.8 Å². The summed E-state index contributed by atoms with van der Waals surface area (Å²) in [5.41, 5.74) is 3.28. The van der Waals surface area contributed by atoms with Gasteiger partial charge in [0, 0.05) is 35.9 Å². The molecule has 3 rings (SSSR count). The number of anilines is 1. The van der Waals surface area contributed by atoms with E-state index in [-0.39, 0.29) is 4.90 Å². The first-order valence-corrected chi connectivity index (χ1v) is 8.97. The molecule has 0 saturated carbocycles. The highest BCUT2D eigenvalue weighted by molar-refractivity contribution is 7.89. The quantitative estimate of drug-likeness (QED) is 0.755. The second kappa shape index (κ2) is 6.06. The Bertz CT molecular complexity index is 928. The van der Waals surface area contributed by atoms with E-state index in [0.29, 0.717) is 6.54 Å². The number of hydrogen-bond acceptors (Lipinski definition) is 3. The normalized spacial score (nSPS) is 11.7. The second-order valence-corrected chi connectivity index (χ2v) is 6.94. The first-order valence-electron chi connectivity index (χ1n) is 7.42. The number of rotatable bonds is 5. The predicted octanol–water partition coefficient (Wildman–Crippen LogP) is 2.92. The summed E-state index contributed by atoms with van der Waals surface area (Å²) in [6, 6.07) is 14.8. The number of fused-ring (bicyclic) bond motifs is 1. The molecule has 5 nitrogen and oxygen atoms in total. The minimum Gasteiger partial charge on any atom is -0.381 e. The fraction of sp³-hybridized carbons (Fsp3) is 0.176. The average molecular weight is 329 g/mol. The van der Waals surface area contributed by atoms with Crippen molar-refractivity contribution in [1.29, 1.82) is 0 Å². The number of benzene rings is 2. The first kappa shape index (κ1) is 15.6. The van der Waals surface area contributed by atoms with E-state index in [4.69, 9.17) is 5.14 Å². The molecule has 0 aliphatic heterocycles. The maximum Gasteiger partial charge on any atom is 0.238 e. The number of hydrogen-bond donors (Lipinski definition) is 2. The van der Waals surface area contributed by atoms with Crippen molar-refractivity contribution < 1.29 is 8.42 Å². The Morgan fingerprint density at radius 1 is 1.09 bits per heavy atom. The molecule has 0 amide bonds. The molecule has 0 unspecified atom stereocenters. The van der Waals surface area contributed by atoms with Crippen LogP contribution in [0.1, 0.15) is 12.5 Å². The van der Waals surface area contributed by atoms with Gasteiger partial charge in [0.1, 0.15) is 0 Å². The fourth-order valence-corrected chi connectivity index (χ4v) is 3.20. The van der Waals surface area contributed by atoms with Gasteiger partial charge < -0.3 is 9.88 Å². The van der Waals surface area contributed by atoms with Crippen molar-refractivity contribution in [2.24, 2.45) is 5.14 Å². The number of nitrogens with zero attached hydrogens (tertiary/aromatic N) is 1. The lowest BCUT2D eigenvalue weighted by Gasteiger charge is -2.06. The van der Waals surface area contributed by atoms with Gasteiger partial charge in [0.25, 0.3) is 0 Å². The van der Waals surface area contributed by atoms with Gasteiger partial charge in [0.15, 0.2) is 0 Å². The van der Waals surface area contributed by atoms with Gasteiger partial charge in [-0.1, -0.05) is 18.2 Å². The first-order chi connectivity index (χ1) is 11.0. The smallest absolute Gasteiger partial charge is 0.238 e. The Balaban J connectivity index is 1.81. The number of aromatic nitrogens is 1. The van der Waals surface area contributed by atoms with Crippen molar-refractivity contribution in [3.8, 4) is 0 Å². The van der Waals surface area contributed by atoms with Crippen LogP contribution in [-0.2, 0) is 23.1 Å². The summed E-state index contributed by atoms with van der Waals surface area (Å²) >= 11 is 0. The SMILES string of the molecule is CCn1cc(CNc2ccc(S(N)(=O)=O)cc2)c2ccccc21. The minimum absolute atomic E-state index is 0.116.